The van der Waals surface area contributed by atoms with Crippen molar-refractivity contribution in [3.8, 4) is 0 Å². The molecule has 1 aromatic carbocycles. The molecule has 4 rings (SSSR count). The van der Waals surface area contributed by atoms with E-state index in [-0.39, 0.29) is 17.7 Å². The van der Waals surface area contributed by atoms with E-state index in [2.05, 4.69) is 35.9 Å². The molecule has 2 aromatic heterocycles. The lowest BCUT2D eigenvalue weighted by Crippen LogP contribution is -2.38. The van der Waals surface area contributed by atoms with Crippen LogP contribution in [-0.4, -0.2) is 50.3 Å². The van der Waals surface area contributed by atoms with Gasteiger partial charge in [-0.25, -0.2) is 24.3 Å². The Morgan fingerprint density at radius 1 is 1.10 bits per heavy atom. The number of benzene rings is 1. The van der Waals surface area contributed by atoms with E-state index in [4.69, 9.17) is 16.7 Å². The van der Waals surface area contributed by atoms with Crippen LogP contribution in [0.5, 0.6) is 0 Å². The number of aromatic nitrogens is 4. The largest absolute Gasteiger partial charge is 0.395 e. The number of hydrogen-bond acceptors (Lipinski definition) is 8. The molecule has 8 nitrogen and oxygen atoms in total. The third kappa shape index (κ3) is 4.92. The van der Waals surface area contributed by atoms with Crippen molar-refractivity contribution in [1.29, 1.82) is 0 Å². The molecule has 0 radical (unpaired) electrons. The van der Waals surface area contributed by atoms with Crippen molar-refractivity contribution in [3.05, 3.63) is 41.6 Å². The highest BCUT2D eigenvalue weighted by atomic mass is 35.5. The smallest absolute Gasteiger partial charge is 0.223 e. The van der Waals surface area contributed by atoms with Crippen LogP contribution in [0.15, 0.2) is 30.7 Å². The second-order valence-electron chi connectivity index (χ2n) is 7.27. The molecule has 0 spiro atoms. The first-order chi connectivity index (χ1) is 14.6. The predicted octanol–water partition coefficient (Wildman–Crippen LogP) is 3.26. The van der Waals surface area contributed by atoms with E-state index in [0.29, 0.717) is 41.1 Å². The predicted molar refractivity (Wildman–Crippen MR) is 115 cm³/mol. The van der Waals surface area contributed by atoms with Crippen molar-refractivity contribution in [2.45, 2.75) is 37.8 Å². The van der Waals surface area contributed by atoms with Gasteiger partial charge in [-0.05, 0) is 43.9 Å². The molecule has 4 N–H and O–H groups in total. The molecule has 0 unspecified atom stereocenters. The van der Waals surface area contributed by atoms with Crippen molar-refractivity contribution in [2.24, 2.45) is 0 Å². The summed E-state index contributed by atoms with van der Waals surface area (Å²) < 4.78 is 13.4. The average molecular weight is 432 g/mol. The van der Waals surface area contributed by atoms with E-state index in [1.165, 1.54) is 18.5 Å². The van der Waals surface area contributed by atoms with Crippen LogP contribution in [0.1, 0.15) is 25.7 Å². The molecule has 10 heteroatoms. The Morgan fingerprint density at radius 2 is 1.90 bits per heavy atom. The maximum Gasteiger partial charge on any atom is 0.223 e. The highest BCUT2D eigenvalue weighted by Crippen LogP contribution is 2.26. The fourth-order valence-electron chi connectivity index (χ4n) is 3.62. The second-order valence-corrected chi connectivity index (χ2v) is 7.68. The van der Waals surface area contributed by atoms with Gasteiger partial charge in [0, 0.05) is 24.3 Å². The summed E-state index contributed by atoms with van der Waals surface area (Å²) in [5.74, 6) is 0.527. The summed E-state index contributed by atoms with van der Waals surface area (Å²) in [4.78, 5) is 17.5. The number of aliphatic hydroxyl groups is 1. The number of halogens is 2. The summed E-state index contributed by atoms with van der Waals surface area (Å²) >= 11 is 5.87. The Balaban J connectivity index is 1.48. The Kier molecular flexibility index (Phi) is 6.51. The molecule has 1 aliphatic rings. The van der Waals surface area contributed by atoms with Crippen LogP contribution in [0.25, 0.3) is 11.0 Å². The summed E-state index contributed by atoms with van der Waals surface area (Å²) in [7, 11) is 0. The van der Waals surface area contributed by atoms with Crippen LogP contribution in [0.4, 0.5) is 21.8 Å². The molecule has 158 valence electrons. The minimum Gasteiger partial charge on any atom is -0.395 e. The van der Waals surface area contributed by atoms with Gasteiger partial charge in [0.05, 0.1) is 17.8 Å². The molecular weight excluding hydrogens is 409 g/mol. The van der Waals surface area contributed by atoms with Crippen LogP contribution in [0, 0.1) is 5.82 Å². The second kappa shape index (κ2) is 9.46. The van der Waals surface area contributed by atoms with Crippen LogP contribution in [-0.2, 0) is 0 Å². The lowest BCUT2D eigenvalue weighted by atomic mass is 9.91. The molecule has 0 bridgehead atoms. The molecule has 3 aromatic rings. The SMILES string of the molecule is OCCN[C@H]1CC[C@H](Nc2ncc3ncnc(Nc4ccc(F)c(Cl)c4)c3n2)CC1. The number of rotatable bonds is 7. The van der Waals surface area contributed by atoms with Crippen molar-refractivity contribution in [1.82, 2.24) is 25.3 Å². The van der Waals surface area contributed by atoms with Crippen LogP contribution < -0.4 is 16.0 Å². The van der Waals surface area contributed by atoms with Gasteiger partial charge in [-0.2, -0.15) is 0 Å². The van der Waals surface area contributed by atoms with Crippen LogP contribution in [0.2, 0.25) is 5.02 Å². The van der Waals surface area contributed by atoms with E-state index < -0.39 is 5.82 Å². The first kappa shape index (κ1) is 20.6. The maximum atomic E-state index is 13.4. The molecule has 0 saturated heterocycles. The van der Waals surface area contributed by atoms with Crippen LogP contribution in [0.3, 0.4) is 0 Å². The minimum atomic E-state index is -0.482. The van der Waals surface area contributed by atoms with Gasteiger partial charge in [0.25, 0.3) is 0 Å². The summed E-state index contributed by atoms with van der Waals surface area (Å²) in [6.07, 6.45) is 7.14. The first-order valence-corrected chi connectivity index (χ1v) is 10.3. The molecular formula is C20H23ClFN7O. The molecule has 30 heavy (non-hydrogen) atoms. The van der Waals surface area contributed by atoms with Crippen molar-refractivity contribution >= 4 is 40.1 Å². The normalized spacial score (nSPS) is 19.0. The van der Waals surface area contributed by atoms with E-state index in [9.17, 15) is 4.39 Å². The van der Waals surface area contributed by atoms with Gasteiger partial charge < -0.3 is 21.1 Å². The topological polar surface area (TPSA) is 108 Å². The number of fused-ring (bicyclic) bond motifs is 1. The summed E-state index contributed by atoms with van der Waals surface area (Å²) in [6.45, 7) is 0.789. The zero-order valence-corrected chi connectivity index (χ0v) is 17.0. The fourth-order valence-corrected chi connectivity index (χ4v) is 3.80. The molecule has 0 atom stereocenters. The molecule has 2 heterocycles. The van der Waals surface area contributed by atoms with Gasteiger partial charge in [-0.3, -0.25) is 0 Å². The number of nitrogens with one attached hydrogen (secondary N) is 3. The average Bonchev–Trinajstić information content (AvgIpc) is 2.76. The number of aliphatic hydroxyl groups excluding tert-OH is 1. The highest BCUT2D eigenvalue weighted by molar-refractivity contribution is 6.31. The van der Waals surface area contributed by atoms with Gasteiger partial charge in [0.15, 0.2) is 5.82 Å². The Hall–Kier alpha value is -2.62. The van der Waals surface area contributed by atoms with E-state index >= 15 is 0 Å². The van der Waals surface area contributed by atoms with Gasteiger partial charge in [0.2, 0.25) is 5.95 Å². The lowest BCUT2D eigenvalue weighted by Gasteiger charge is -2.29. The third-order valence-corrected chi connectivity index (χ3v) is 5.45. The Labute approximate surface area is 178 Å². The van der Waals surface area contributed by atoms with Crippen molar-refractivity contribution in [2.75, 3.05) is 23.8 Å². The van der Waals surface area contributed by atoms with E-state index in [1.807, 2.05) is 0 Å². The van der Waals surface area contributed by atoms with Gasteiger partial charge in [-0.15, -0.1) is 0 Å². The highest BCUT2D eigenvalue weighted by Gasteiger charge is 2.21. The summed E-state index contributed by atoms with van der Waals surface area (Å²) in [6, 6.07) is 5.10. The van der Waals surface area contributed by atoms with Gasteiger partial charge >= 0.3 is 0 Å². The van der Waals surface area contributed by atoms with E-state index in [0.717, 1.165) is 25.7 Å². The molecule has 1 saturated carbocycles. The van der Waals surface area contributed by atoms with Gasteiger partial charge in [-0.1, -0.05) is 11.6 Å². The fraction of sp³-hybridized carbons (Fsp3) is 0.400. The molecule has 1 fully saturated rings. The first-order valence-electron chi connectivity index (χ1n) is 9.93. The van der Waals surface area contributed by atoms with Crippen LogP contribution >= 0.6 is 11.6 Å². The number of anilines is 3. The number of nitrogens with zero attached hydrogens (tertiary/aromatic N) is 4. The monoisotopic (exact) mass is 431 g/mol. The minimum absolute atomic E-state index is 0.0272. The van der Waals surface area contributed by atoms with E-state index in [1.54, 1.807) is 12.3 Å². The summed E-state index contributed by atoms with van der Waals surface area (Å²) in [5.41, 5.74) is 1.76. The molecule has 1 aliphatic carbocycles. The standard InChI is InChI=1S/C20H23ClFN7O/c21-15-9-14(5-6-16(15)22)27-19-18-17(25-11-26-19)10-24-20(29-18)28-13-3-1-12(2-4-13)23-7-8-30/h5-6,9-13,23,30H,1-4,7-8H2,(H,24,28,29)(H,25,26,27)/t12-,13-. The van der Waals surface area contributed by atoms with Crippen molar-refractivity contribution < 1.29 is 9.50 Å². The lowest BCUT2D eigenvalue weighted by molar-refractivity contribution is 0.269. The Morgan fingerprint density at radius 3 is 2.67 bits per heavy atom. The zero-order chi connectivity index (χ0) is 20.9. The zero-order valence-electron chi connectivity index (χ0n) is 16.3. The summed E-state index contributed by atoms with van der Waals surface area (Å²) in [5, 5.41) is 18.8. The number of hydrogen-bond donors (Lipinski definition) is 4. The quantitative estimate of drug-likeness (QED) is 0.451. The maximum absolute atomic E-state index is 13.4. The molecule has 0 aliphatic heterocycles. The van der Waals surface area contributed by atoms with Gasteiger partial charge in [0.1, 0.15) is 23.2 Å². The molecule has 0 amide bonds. The third-order valence-electron chi connectivity index (χ3n) is 5.16. The van der Waals surface area contributed by atoms with Crippen molar-refractivity contribution in [3.63, 3.8) is 0 Å². The Bertz CT molecular complexity index is 1010.